The van der Waals surface area contributed by atoms with Gasteiger partial charge in [-0.2, -0.15) is 0 Å². The Bertz CT molecular complexity index is 637. The number of nitrogens with one attached hydrogen (secondary N) is 3. The molecule has 3 unspecified atom stereocenters. The third-order valence-corrected chi connectivity index (χ3v) is 5.55. The van der Waals surface area contributed by atoms with E-state index >= 15 is 0 Å². The summed E-state index contributed by atoms with van der Waals surface area (Å²) >= 11 is 6.26. The van der Waals surface area contributed by atoms with Crippen LogP contribution in [0.3, 0.4) is 0 Å². The van der Waals surface area contributed by atoms with Gasteiger partial charge in [0.15, 0.2) is 0 Å². The largest absolute Gasteiger partial charge is 0.466 e. The third kappa shape index (κ3) is 7.63. The van der Waals surface area contributed by atoms with Gasteiger partial charge in [-0.1, -0.05) is 11.6 Å². The zero-order valence-corrected chi connectivity index (χ0v) is 19.6. The number of amides is 1. The highest BCUT2D eigenvalue weighted by atomic mass is 35.5. The van der Waals surface area contributed by atoms with Crippen molar-refractivity contribution in [3.05, 3.63) is 11.2 Å². The molecule has 0 saturated carbocycles. The number of carbonyl (C=O) groups excluding carboxylic acids is 2. The molecule has 0 bridgehead atoms. The first-order valence-electron chi connectivity index (χ1n) is 10.8. The van der Waals surface area contributed by atoms with Crippen LogP contribution in [0.4, 0.5) is 4.79 Å². The van der Waals surface area contributed by atoms with Gasteiger partial charge >= 0.3 is 12.1 Å². The summed E-state index contributed by atoms with van der Waals surface area (Å²) in [5, 5.41) is 10.5. The minimum Gasteiger partial charge on any atom is -0.466 e. The fraction of sp³-hybridized carbons (Fsp3) is 0.810. The number of likely N-dealkylation sites (tertiary alicyclic amines) is 1. The van der Waals surface area contributed by atoms with Crippen LogP contribution in [-0.4, -0.2) is 60.1 Å². The van der Waals surface area contributed by atoms with E-state index in [0.717, 1.165) is 32.2 Å². The predicted molar refractivity (Wildman–Crippen MR) is 117 cm³/mol. The van der Waals surface area contributed by atoms with Gasteiger partial charge in [0.1, 0.15) is 11.4 Å². The summed E-state index contributed by atoms with van der Waals surface area (Å²) in [6.07, 6.45) is 5.52. The van der Waals surface area contributed by atoms with Crippen LogP contribution in [0.5, 0.6) is 0 Å². The van der Waals surface area contributed by atoms with Gasteiger partial charge < -0.3 is 19.7 Å². The second-order valence-corrected chi connectivity index (χ2v) is 9.48. The molecule has 0 spiro atoms. The molecule has 2 rings (SSSR count). The van der Waals surface area contributed by atoms with E-state index in [9.17, 15) is 9.59 Å². The maximum absolute atomic E-state index is 12.6. The number of nitrogens with zero attached hydrogens (tertiary/aromatic N) is 1. The van der Waals surface area contributed by atoms with Crippen molar-refractivity contribution in [1.29, 1.82) is 0 Å². The number of carbonyl (C=O) groups is 2. The highest BCUT2D eigenvalue weighted by Crippen LogP contribution is 2.23. The summed E-state index contributed by atoms with van der Waals surface area (Å²) in [6.45, 7) is 11.1. The van der Waals surface area contributed by atoms with E-state index in [2.05, 4.69) is 16.0 Å². The summed E-state index contributed by atoms with van der Waals surface area (Å²) < 4.78 is 10.6. The molecule has 9 heteroatoms. The fourth-order valence-corrected chi connectivity index (χ4v) is 3.95. The Labute approximate surface area is 185 Å². The highest BCUT2D eigenvalue weighted by molar-refractivity contribution is 6.30. The van der Waals surface area contributed by atoms with Gasteiger partial charge in [0.05, 0.1) is 24.1 Å². The molecule has 2 aliphatic rings. The van der Waals surface area contributed by atoms with Crippen LogP contribution in [0.15, 0.2) is 11.2 Å². The second-order valence-electron chi connectivity index (χ2n) is 9.04. The molecule has 0 radical (unpaired) electrons. The summed E-state index contributed by atoms with van der Waals surface area (Å²) in [6, 6.07) is -0.180. The van der Waals surface area contributed by atoms with Gasteiger partial charge in [0.25, 0.3) is 0 Å². The molecule has 30 heavy (non-hydrogen) atoms. The Balaban J connectivity index is 1.89. The normalized spacial score (nSPS) is 27.1. The van der Waals surface area contributed by atoms with Gasteiger partial charge in [0.2, 0.25) is 0 Å². The molecule has 1 saturated heterocycles. The predicted octanol–water partition coefficient (Wildman–Crippen LogP) is 3.02. The van der Waals surface area contributed by atoms with Gasteiger partial charge in [-0.15, -0.1) is 0 Å². The molecular weight excluding hydrogens is 408 g/mol. The fourth-order valence-electron chi connectivity index (χ4n) is 3.76. The second kappa shape index (κ2) is 10.7. The Kier molecular flexibility index (Phi) is 8.82. The molecule has 172 valence electrons. The van der Waals surface area contributed by atoms with Crippen LogP contribution < -0.4 is 16.0 Å². The maximum Gasteiger partial charge on any atom is 0.410 e. The van der Waals surface area contributed by atoms with Crippen molar-refractivity contribution in [3.8, 4) is 0 Å². The topological polar surface area (TPSA) is 91.9 Å². The van der Waals surface area contributed by atoms with Gasteiger partial charge in [-0.05, 0) is 60.3 Å². The molecule has 8 nitrogen and oxygen atoms in total. The number of esters is 1. The first-order valence-corrected chi connectivity index (χ1v) is 11.2. The standard InChI is InChI=1S/C21H37ClN4O4/c1-6-29-18(27)13-17-16(22)14-24-21(5,25-17)23-11-10-15-9-7-8-12-26(15)19(28)30-20(2,3)4/h14-15,17,23-25H,6-13H2,1-5H3. The molecule has 0 aliphatic carbocycles. The number of ether oxygens (including phenoxy) is 2. The molecule has 3 atom stereocenters. The van der Waals surface area contributed by atoms with Crippen molar-refractivity contribution in [2.75, 3.05) is 19.7 Å². The van der Waals surface area contributed by atoms with Crippen molar-refractivity contribution in [3.63, 3.8) is 0 Å². The average molecular weight is 445 g/mol. The van der Waals surface area contributed by atoms with Crippen LogP contribution in [0.1, 0.15) is 66.7 Å². The lowest BCUT2D eigenvalue weighted by molar-refractivity contribution is -0.143. The maximum atomic E-state index is 12.6. The first kappa shape index (κ1) is 24.8. The SMILES string of the molecule is CCOC(=O)CC1NC(C)(NCCC2CCCCN2C(=O)OC(C)(C)C)NC=C1Cl. The van der Waals surface area contributed by atoms with E-state index in [-0.39, 0.29) is 30.6 Å². The van der Waals surface area contributed by atoms with Crippen molar-refractivity contribution in [1.82, 2.24) is 20.9 Å². The molecule has 3 N–H and O–H groups in total. The summed E-state index contributed by atoms with van der Waals surface area (Å²) in [5.41, 5.74) is -0.500. The molecule has 0 aromatic rings. The first-order chi connectivity index (χ1) is 14.0. The summed E-state index contributed by atoms with van der Waals surface area (Å²) in [5.74, 6) is -0.915. The Morgan fingerprint density at radius 3 is 2.77 bits per heavy atom. The summed E-state index contributed by atoms with van der Waals surface area (Å²) in [4.78, 5) is 26.3. The van der Waals surface area contributed by atoms with E-state index in [1.165, 1.54) is 0 Å². The highest BCUT2D eigenvalue weighted by Gasteiger charge is 2.34. The van der Waals surface area contributed by atoms with E-state index in [1.54, 1.807) is 13.1 Å². The van der Waals surface area contributed by atoms with Gasteiger partial charge in [-0.25, -0.2) is 4.79 Å². The number of halogens is 1. The van der Waals surface area contributed by atoms with Crippen molar-refractivity contribution >= 4 is 23.7 Å². The minimum absolute atomic E-state index is 0.141. The minimum atomic E-state index is -0.624. The number of rotatable bonds is 7. The molecule has 0 aromatic heterocycles. The lowest BCUT2D eigenvalue weighted by Crippen LogP contribution is -2.68. The van der Waals surface area contributed by atoms with Crippen molar-refractivity contribution in [2.24, 2.45) is 0 Å². The van der Waals surface area contributed by atoms with Crippen LogP contribution in [0.25, 0.3) is 0 Å². The van der Waals surface area contributed by atoms with Crippen molar-refractivity contribution < 1.29 is 19.1 Å². The molecule has 0 aromatic carbocycles. The molecule has 1 fully saturated rings. The Morgan fingerprint density at radius 1 is 1.37 bits per heavy atom. The lowest BCUT2D eigenvalue weighted by Gasteiger charge is -2.41. The number of hydrogen-bond donors (Lipinski definition) is 3. The average Bonchev–Trinajstić information content (AvgIpc) is 2.64. The monoisotopic (exact) mass is 444 g/mol. The molecule has 2 aliphatic heterocycles. The lowest BCUT2D eigenvalue weighted by atomic mass is 9.99. The smallest absolute Gasteiger partial charge is 0.410 e. The quantitative estimate of drug-likeness (QED) is 0.520. The summed E-state index contributed by atoms with van der Waals surface area (Å²) in [7, 11) is 0. The number of piperidine rings is 1. The van der Waals surface area contributed by atoms with Crippen LogP contribution >= 0.6 is 11.6 Å². The third-order valence-electron chi connectivity index (χ3n) is 5.18. The van der Waals surface area contributed by atoms with Crippen LogP contribution in [-0.2, 0) is 14.3 Å². The molecule has 1 amide bonds. The van der Waals surface area contributed by atoms with Crippen LogP contribution in [0.2, 0.25) is 0 Å². The zero-order valence-electron chi connectivity index (χ0n) is 18.8. The van der Waals surface area contributed by atoms with Crippen LogP contribution in [0, 0.1) is 0 Å². The van der Waals surface area contributed by atoms with E-state index in [4.69, 9.17) is 21.1 Å². The molecule has 2 heterocycles. The Hall–Kier alpha value is -1.51. The van der Waals surface area contributed by atoms with Gasteiger partial charge in [-0.3, -0.25) is 15.4 Å². The molecular formula is C21H37ClN4O4. The van der Waals surface area contributed by atoms with E-state index in [0.29, 0.717) is 18.2 Å². The van der Waals surface area contributed by atoms with Gasteiger partial charge in [0, 0.05) is 25.3 Å². The van der Waals surface area contributed by atoms with E-state index < -0.39 is 11.4 Å². The number of hydrogen-bond acceptors (Lipinski definition) is 7. The Morgan fingerprint density at radius 2 is 2.10 bits per heavy atom. The van der Waals surface area contributed by atoms with E-state index in [1.807, 2.05) is 32.6 Å². The van der Waals surface area contributed by atoms with Crippen molar-refractivity contribution in [2.45, 2.75) is 90.2 Å². The zero-order chi connectivity index (χ0) is 22.4.